The average Bonchev–Trinajstić information content (AvgIpc) is 1.82. The molecule has 0 amide bonds. The topological polar surface area (TPSA) is 58.6 Å². The molecule has 0 aliphatic carbocycles. The summed E-state index contributed by atoms with van der Waals surface area (Å²) < 4.78 is 35.6. The van der Waals surface area contributed by atoms with E-state index in [0.717, 1.165) is 0 Å². The zero-order valence-electron chi connectivity index (χ0n) is 5.94. The number of aromatic nitrogens is 3. The second-order valence-corrected chi connectivity index (χ2v) is 2.06. The highest BCUT2D eigenvalue weighted by atomic mass is 19.4. The minimum absolute atomic E-state index is 0.109. The van der Waals surface area contributed by atoms with E-state index in [4.69, 9.17) is 0 Å². The lowest BCUT2D eigenvalue weighted by Gasteiger charge is -2.02. The number of nitrogens with one attached hydrogen (secondary N) is 1. The van der Waals surface area contributed by atoms with Crippen LogP contribution in [-0.4, -0.2) is 15.0 Å². The van der Waals surface area contributed by atoms with Crippen molar-refractivity contribution < 1.29 is 13.2 Å². The molecule has 12 heavy (non-hydrogen) atoms. The number of hydrogen-bond acceptors (Lipinski definition) is 3. The van der Waals surface area contributed by atoms with Crippen LogP contribution in [0.2, 0.25) is 0 Å². The number of halogens is 3. The molecule has 0 aliphatic heterocycles. The lowest BCUT2D eigenvalue weighted by molar-refractivity contribution is -0.145. The Hall–Kier alpha value is -1.40. The fourth-order valence-electron chi connectivity index (χ4n) is 0.617. The molecule has 0 aliphatic rings. The van der Waals surface area contributed by atoms with Crippen molar-refractivity contribution >= 4 is 0 Å². The second kappa shape index (κ2) is 2.58. The van der Waals surface area contributed by atoms with E-state index < -0.39 is 17.7 Å². The Labute approximate surface area is 64.5 Å². The SMILES string of the molecule is Cc1nc(C(F)(F)F)nc(=O)[nH]1. The third kappa shape index (κ3) is 1.80. The molecule has 0 bridgehead atoms. The van der Waals surface area contributed by atoms with Crippen LogP contribution in [-0.2, 0) is 6.18 Å². The number of nitrogens with zero attached hydrogens (tertiary/aromatic N) is 2. The Bertz CT molecular complexity index is 343. The van der Waals surface area contributed by atoms with E-state index >= 15 is 0 Å². The van der Waals surface area contributed by atoms with E-state index in [-0.39, 0.29) is 5.82 Å². The molecule has 0 fully saturated rings. The zero-order chi connectivity index (χ0) is 9.35. The van der Waals surface area contributed by atoms with Gasteiger partial charge in [-0.1, -0.05) is 0 Å². The molecule has 1 N–H and O–H groups in total. The quantitative estimate of drug-likeness (QED) is 0.630. The molecule has 66 valence electrons. The van der Waals surface area contributed by atoms with Crippen LogP contribution in [0.3, 0.4) is 0 Å². The molecule has 0 radical (unpaired) electrons. The highest BCUT2D eigenvalue weighted by Gasteiger charge is 2.35. The predicted octanol–water partition coefficient (Wildman–Crippen LogP) is 0.492. The van der Waals surface area contributed by atoms with Gasteiger partial charge in [-0.3, -0.25) is 4.98 Å². The maximum Gasteiger partial charge on any atom is 0.451 e. The van der Waals surface area contributed by atoms with Gasteiger partial charge in [0.2, 0.25) is 5.82 Å². The Kier molecular flexibility index (Phi) is 1.87. The van der Waals surface area contributed by atoms with Gasteiger partial charge in [0.25, 0.3) is 0 Å². The minimum atomic E-state index is -4.67. The van der Waals surface area contributed by atoms with E-state index in [9.17, 15) is 18.0 Å². The Morgan fingerprint density at radius 1 is 1.33 bits per heavy atom. The summed E-state index contributed by atoms with van der Waals surface area (Å²) >= 11 is 0. The monoisotopic (exact) mass is 179 g/mol. The molecule has 0 atom stereocenters. The first kappa shape index (κ1) is 8.69. The summed E-state index contributed by atoms with van der Waals surface area (Å²) in [6, 6.07) is 0. The summed E-state index contributed by atoms with van der Waals surface area (Å²) in [4.78, 5) is 18.1. The normalized spacial score (nSPS) is 11.7. The Morgan fingerprint density at radius 2 is 1.92 bits per heavy atom. The second-order valence-electron chi connectivity index (χ2n) is 2.06. The zero-order valence-corrected chi connectivity index (χ0v) is 5.94. The van der Waals surface area contributed by atoms with Crippen molar-refractivity contribution in [3.8, 4) is 0 Å². The molecular weight excluding hydrogens is 175 g/mol. The molecular formula is C5H4F3N3O. The summed E-state index contributed by atoms with van der Waals surface area (Å²) in [6.45, 7) is 1.25. The smallest absolute Gasteiger partial charge is 0.294 e. The molecule has 1 aromatic rings. The summed E-state index contributed by atoms with van der Waals surface area (Å²) in [6.07, 6.45) is -4.67. The van der Waals surface area contributed by atoms with Crippen molar-refractivity contribution in [2.75, 3.05) is 0 Å². The fourth-order valence-corrected chi connectivity index (χ4v) is 0.617. The van der Waals surface area contributed by atoms with Gasteiger partial charge in [-0.15, -0.1) is 0 Å². The molecule has 1 aromatic heterocycles. The first-order valence-electron chi connectivity index (χ1n) is 2.92. The van der Waals surface area contributed by atoms with Crippen LogP contribution in [0.4, 0.5) is 13.2 Å². The highest BCUT2D eigenvalue weighted by molar-refractivity contribution is 4.92. The van der Waals surface area contributed by atoms with Gasteiger partial charge in [0.1, 0.15) is 5.82 Å². The Morgan fingerprint density at radius 3 is 2.33 bits per heavy atom. The van der Waals surface area contributed by atoms with Crippen molar-refractivity contribution in [3.63, 3.8) is 0 Å². The van der Waals surface area contributed by atoms with Gasteiger partial charge >= 0.3 is 11.9 Å². The van der Waals surface area contributed by atoms with Crippen LogP contribution < -0.4 is 5.69 Å². The molecule has 0 unspecified atom stereocenters. The first-order chi connectivity index (χ1) is 5.39. The fraction of sp³-hybridized carbons (Fsp3) is 0.400. The maximum atomic E-state index is 11.9. The van der Waals surface area contributed by atoms with Gasteiger partial charge < -0.3 is 0 Å². The standard InChI is InChI=1S/C5H4F3N3O/c1-2-9-3(5(6,7)8)11-4(12)10-2/h1H3,(H,9,10,11,12). The number of alkyl halides is 3. The van der Waals surface area contributed by atoms with E-state index in [1.807, 2.05) is 4.98 Å². The summed E-state index contributed by atoms with van der Waals surface area (Å²) in [5.41, 5.74) is -1.05. The minimum Gasteiger partial charge on any atom is -0.294 e. The first-order valence-corrected chi connectivity index (χ1v) is 2.92. The van der Waals surface area contributed by atoms with Gasteiger partial charge in [0, 0.05) is 0 Å². The van der Waals surface area contributed by atoms with Crippen LogP contribution in [0, 0.1) is 6.92 Å². The van der Waals surface area contributed by atoms with Gasteiger partial charge in [-0.2, -0.15) is 18.2 Å². The molecule has 0 saturated heterocycles. The van der Waals surface area contributed by atoms with Crippen LogP contribution in [0.15, 0.2) is 4.79 Å². The number of hydrogen-bond donors (Lipinski definition) is 1. The molecule has 1 rings (SSSR count). The third-order valence-corrected chi connectivity index (χ3v) is 1.02. The van der Waals surface area contributed by atoms with Gasteiger partial charge in [0.15, 0.2) is 0 Å². The third-order valence-electron chi connectivity index (χ3n) is 1.02. The summed E-state index contributed by atoms with van der Waals surface area (Å²) in [7, 11) is 0. The van der Waals surface area contributed by atoms with Gasteiger partial charge in [-0.25, -0.2) is 9.78 Å². The molecule has 0 saturated carbocycles. The lowest BCUT2D eigenvalue weighted by atomic mass is 10.5. The van der Waals surface area contributed by atoms with Crippen LogP contribution >= 0.6 is 0 Å². The molecule has 1 heterocycles. The van der Waals surface area contributed by atoms with Crippen LogP contribution in [0.1, 0.15) is 11.6 Å². The van der Waals surface area contributed by atoms with Crippen molar-refractivity contribution in [1.82, 2.24) is 15.0 Å². The predicted molar refractivity (Wildman–Crippen MR) is 32.4 cm³/mol. The van der Waals surface area contributed by atoms with Gasteiger partial charge in [0.05, 0.1) is 0 Å². The molecule has 0 aromatic carbocycles. The Balaban J connectivity index is 3.27. The molecule has 0 spiro atoms. The van der Waals surface area contributed by atoms with Crippen LogP contribution in [0.25, 0.3) is 0 Å². The van der Waals surface area contributed by atoms with E-state index in [2.05, 4.69) is 9.97 Å². The summed E-state index contributed by atoms with van der Waals surface area (Å²) in [5, 5.41) is 0. The average molecular weight is 179 g/mol. The number of aromatic amines is 1. The lowest BCUT2D eigenvalue weighted by Crippen LogP contribution is -2.22. The number of H-pyrrole nitrogens is 1. The van der Waals surface area contributed by atoms with Crippen molar-refractivity contribution in [3.05, 3.63) is 22.1 Å². The van der Waals surface area contributed by atoms with Crippen molar-refractivity contribution in [1.29, 1.82) is 0 Å². The number of rotatable bonds is 0. The van der Waals surface area contributed by atoms with E-state index in [1.54, 1.807) is 0 Å². The number of aryl methyl sites for hydroxylation is 1. The van der Waals surface area contributed by atoms with Crippen LogP contribution in [0.5, 0.6) is 0 Å². The molecule has 4 nitrogen and oxygen atoms in total. The largest absolute Gasteiger partial charge is 0.451 e. The van der Waals surface area contributed by atoms with Gasteiger partial charge in [-0.05, 0) is 6.92 Å². The highest BCUT2D eigenvalue weighted by Crippen LogP contribution is 2.24. The van der Waals surface area contributed by atoms with E-state index in [0.29, 0.717) is 0 Å². The molecule has 7 heteroatoms. The van der Waals surface area contributed by atoms with Crippen molar-refractivity contribution in [2.24, 2.45) is 0 Å². The summed E-state index contributed by atoms with van der Waals surface area (Å²) in [5.74, 6) is -1.52. The van der Waals surface area contributed by atoms with Crippen molar-refractivity contribution in [2.45, 2.75) is 13.1 Å². The maximum absolute atomic E-state index is 11.9. The van der Waals surface area contributed by atoms with E-state index in [1.165, 1.54) is 6.92 Å².